The van der Waals surface area contributed by atoms with Gasteiger partial charge in [-0.3, -0.25) is 0 Å². The van der Waals surface area contributed by atoms with E-state index in [2.05, 4.69) is 41.5 Å². The van der Waals surface area contributed by atoms with Crippen LogP contribution in [-0.4, -0.2) is 24.1 Å². The van der Waals surface area contributed by atoms with Crippen LogP contribution in [0.5, 0.6) is 0 Å². The van der Waals surface area contributed by atoms with Gasteiger partial charge in [-0.05, 0) is 50.8 Å². The second-order valence-corrected chi connectivity index (χ2v) is 6.97. The summed E-state index contributed by atoms with van der Waals surface area (Å²) in [6.07, 6.45) is 3.24. The predicted molar refractivity (Wildman–Crippen MR) is 98.7 cm³/mol. The zero-order valence-corrected chi connectivity index (χ0v) is 15.5. The SMILES string of the molecule is CCOC(=O)c1nc(CNCCCc2cccc(CC)c2)sc1C. The average molecular weight is 346 g/mol. The molecule has 130 valence electrons. The summed E-state index contributed by atoms with van der Waals surface area (Å²) < 4.78 is 5.02. The first-order chi connectivity index (χ1) is 11.6. The molecule has 0 spiro atoms. The summed E-state index contributed by atoms with van der Waals surface area (Å²) in [6, 6.07) is 8.79. The topological polar surface area (TPSA) is 51.2 Å². The highest BCUT2D eigenvalue weighted by Crippen LogP contribution is 2.18. The number of benzene rings is 1. The molecular weight excluding hydrogens is 320 g/mol. The van der Waals surface area contributed by atoms with Crippen molar-refractivity contribution in [1.82, 2.24) is 10.3 Å². The molecule has 1 heterocycles. The third-order valence-electron chi connectivity index (χ3n) is 3.80. The highest BCUT2D eigenvalue weighted by molar-refractivity contribution is 7.11. The molecule has 0 aliphatic rings. The van der Waals surface area contributed by atoms with Gasteiger partial charge in [0.1, 0.15) is 5.01 Å². The first-order valence-corrected chi connectivity index (χ1v) is 9.37. The van der Waals surface area contributed by atoms with Crippen molar-refractivity contribution in [2.24, 2.45) is 0 Å². The molecule has 0 aliphatic heterocycles. The van der Waals surface area contributed by atoms with Crippen LogP contribution in [0, 0.1) is 6.92 Å². The second kappa shape index (κ2) is 9.55. The summed E-state index contributed by atoms with van der Waals surface area (Å²) in [4.78, 5) is 17.1. The van der Waals surface area contributed by atoms with Gasteiger partial charge in [-0.1, -0.05) is 31.2 Å². The summed E-state index contributed by atoms with van der Waals surface area (Å²) in [5.41, 5.74) is 3.24. The third-order valence-corrected chi connectivity index (χ3v) is 4.78. The minimum atomic E-state index is -0.326. The van der Waals surface area contributed by atoms with Crippen LogP contribution in [-0.2, 0) is 24.1 Å². The van der Waals surface area contributed by atoms with Crippen LogP contribution >= 0.6 is 11.3 Å². The Morgan fingerprint density at radius 1 is 1.29 bits per heavy atom. The van der Waals surface area contributed by atoms with Crippen LogP contribution in [0.1, 0.15) is 51.8 Å². The lowest BCUT2D eigenvalue weighted by molar-refractivity contribution is 0.0519. The van der Waals surface area contributed by atoms with Crippen LogP contribution in [0.4, 0.5) is 0 Å². The number of hydrogen-bond donors (Lipinski definition) is 1. The molecule has 1 N–H and O–H groups in total. The van der Waals surface area contributed by atoms with E-state index in [0.717, 1.165) is 35.7 Å². The molecule has 0 bridgehead atoms. The Morgan fingerprint density at radius 2 is 2.08 bits per heavy atom. The van der Waals surface area contributed by atoms with Gasteiger partial charge in [-0.2, -0.15) is 0 Å². The Morgan fingerprint density at radius 3 is 2.83 bits per heavy atom. The molecule has 0 unspecified atom stereocenters. The average Bonchev–Trinajstić information content (AvgIpc) is 2.96. The Labute approximate surface area is 148 Å². The Balaban J connectivity index is 1.74. The molecule has 0 saturated heterocycles. The number of ether oxygens (including phenoxy) is 1. The minimum Gasteiger partial charge on any atom is -0.461 e. The lowest BCUT2D eigenvalue weighted by atomic mass is 10.1. The number of carbonyl (C=O) groups is 1. The molecular formula is C19H26N2O2S. The largest absolute Gasteiger partial charge is 0.461 e. The predicted octanol–water partition coefficient (Wildman–Crippen LogP) is 3.91. The maximum atomic E-state index is 11.8. The monoisotopic (exact) mass is 346 g/mol. The molecule has 4 nitrogen and oxygen atoms in total. The molecule has 2 rings (SSSR count). The molecule has 1 aromatic carbocycles. The normalized spacial score (nSPS) is 10.8. The zero-order valence-electron chi connectivity index (χ0n) is 14.7. The van der Waals surface area contributed by atoms with E-state index in [-0.39, 0.29) is 5.97 Å². The first kappa shape index (κ1) is 18.6. The number of rotatable bonds is 9. The summed E-state index contributed by atoms with van der Waals surface area (Å²) in [7, 11) is 0. The molecule has 5 heteroatoms. The number of aryl methyl sites for hydroxylation is 3. The number of esters is 1. The second-order valence-electron chi connectivity index (χ2n) is 5.69. The fourth-order valence-electron chi connectivity index (χ4n) is 2.53. The van der Waals surface area contributed by atoms with Gasteiger partial charge in [0.25, 0.3) is 0 Å². The fourth-order valence-corrected chi connectivity index (χ4v) is 3.42. The summed E-state index contributed by atoms with van der Waals surface area (Å²) in [6.45, 7) is 7.90. The highest BCUT2D eigenvalue weighted by Gasteiger charge is 2.15. The molecule has 0 saturated carbocycles. The van der Waals surface area contributed by atoms with Crippen molar-refractivity contribution in [1.29, 1.82) is 0 Å². The van der Waals surface area contributed by atoms with Crippen molar-refractivity contribution < 1.29 is 9.53 Å². The number of aromatic nitrogens is 1. The Hall–Kier alpha value is -1.72. The van der Waals surface area contributed by atoms with Gasteiger partial charge in [0.2, 0.25) is 0 Å². The molecule has 0 aliphatic carbocycles. The first-order valence-electron chi connectivity index (χ1n) is 8.56. The minimum absolute atomic E-state index is 0.326. The number of thiazole rings is 1. The lowest BCUT2D eigenvalue weighted by Crippen LogP contribution is -2.15. The highest BCUT2D eigenvalue weighted by atomic mass is 32.1. The summed E-state index contributed by atoms with van der Waals surface area (Å²) >= 11 is 1.55. The van der Waals surface area contributed by atoms with Gasteiger partial charge < -0.3 is 10.1 Å². The fraction of sp³-hybridized carbons (Fsp3) is 0.474. The molecule has 24 heavy (non-hydrogen) atoms. The van der Waals surface area contributed by atoms with E-state index in [1.807, 2.05) is 6.92 Å². The Kier molecular flexibility index (Phi) is 7.40. The smallest absolute Gasteiger partial charge is 0.358 e. The zero-order chi connectivity index (χ0) is 17.4. The number of carbonyl (C=O) groups excluding carboxylic acids is 1. The summed E-state index contributed by atoms with van der Waals surface area (Å²) in [5, 5.41) is 4.34. The van der Waals surface area contributed by atoms with Crippen molar-refractivity contribution in [3.63, 3.8) is 0 Å². The van der Waals surface area contributed by atoms with Crippen LogP contribution < -0.4 is 5.32 Å². The molecule has 0 fully saturated rings. The van der Waals surface area contributed by atoms with Crippen molar-refractivity contribution in [2.75, 3.05) is 13.2 Å². The van der Waals surface area contributed by atoms with Crippen molar-refractivity contribution in [2.45, 2.75) is 46.6 Å². The molecule has 0 amide bonds. The number of hydrogen-bond acceptors (Lipinski definition) is 5. The van der Waals surface area contributed by atoms with Gasteiger partial charge in [-0.15, -0.1) is 11.3 Å². The maximum absolute atomic E-state index is 11.8. The molecule has 0 atom stereocenters. The van der Waals surface area contributed by atoms with E-state index in [9.17, 15) is 4.79 Å². The third kappa shape index (κ3) is 5.42. The van der Waals surface area contributed by atoms with E-state index in [4.69, 9.17) is 4.74 Å². The van der Waals surface area contributed by atoms with Crippen LogP contribution in [0.25, 0.3) is 0 Å². The lowest BCUT2D eigenvalue weighted by Gasteiger charge is -2.05. The maximum Gasteiger partial charge on any atom is 0.358 e. The number of nitrogens with one attached hydrogen (secondary N) is 1. The standard InChI is InChI=1S/C19H26N2O2S/c1-4-15-8-6-9-16(12-15)10-7-11-20-13-17-21-18(14(3)24-17)19(22)23-5-2/h6,8-9,12,20H,4-5,7,10-11,13H2,1-3H3. The van der Waals surface area contributed by atoms with Crippen LogP contribution in [0.2, 0.25) is 0 Å². The quantitative estimate of drug-likeness (QED) is 0.552. The van der Waals surface area contributed by atoms with Crippen LogP contribution in [0.3, 0.4) is 0 Å². The van der Waals surface area contributed by atoms with Gasteiger partial charge in [0, 0.05) is 11.4 Å². The van der Waals surface area contributed by atoms with E-state index in [1.54, 1.807) is 18.3 Å². The van der Waals surface area contributed by atoms with Crippen molar-refractivity contribution in [3.8, 4) is 0 Å². The Bertz CT molecular complexity index is 667. The van der Waals surface area contributed by atoms with Crippen molar-refractivity contribution in [3.05, 3.63) is 51.0 Å². The van der Waals surface area contributed by atoms with E-state index in [1.165, 1.54) is 11.1 Å². The van der Waals surface area contributed by atoms with Gasteiger partial charge >= 0.3 is 5.97 Å². The van der Waals surface area contributed by atoms with Crippen molar-refractivity contribution >= 4 is 17.3 Å². The van der Waals surface area contributed by atoms with E-state index < -0.39 is 0 Å². The van der Waals surface area contributed by atoms with Gasteiger partial charge in [0.05, 0.1) is 6.61 Å². The summed E-state index contributed by atoms with van der Waals surface area (Å²) in [5.74, 6) is -0.326. The van der Waals surface area contributed by atoms with Gasteiger partial charge in [-0.25, -0.2) is 9.78 Å². The molecule has 0 radical (unpaired) electrons. The van der Waals surface area contributed by atoms with Gasteiger partial charge in [0.15, 0.2) is 5.69 Å². The molecule has 2 aromatic rings. The van der Waals surface area contributed by atoms with E-state index >= 15 is 0 Å². The van der Waals surface area contributed by atoms with E-state index in [0.29, 0.717) is 18.8 Å². The number of nitrogens with zero attached hydrogens (tertiary/aromatic N) is 1. The van der Waals surface area contributed by atoms with Crippen LogP contribution in [0.15, 0.2) is 24.3 Å². The molecule has 1 aromatic heterocycles.